The average molecular weight is 395 g/mol. The maximum atomic E-state index is 13.0. The molecule has 1 aromatic rings. The van der Waals surface area contributed by atoms with Crippen LogP contribution in [-0.4, -0.2) is 69.3 Å². The van der Waals surface area contributed by atoms with E-state index in [0.717, 1.165) is 24.2 Å². The van der Waals surface area contributed by atoms with Crippen LogP contribution >= 0.6 is 0 Å². The number of rotatable bonds is 4. The van der Waals surface area contributed by atoms with Crippen LogP contribution in [0, 0.1) is 19.8 Å². The van der Waals surface area contributed by atoms with Gasteiger partial charge >= 0.3 is 0 Å². The summed E-state index contributed by atoms with van der Waals surface area (Å²) in [5, 5.41) is 0. The summed E-state index contributed by atoms with van der Waals surface area (Å²) in [6.07, 6.45) is 2.44. The standard InChI is InChI=1S/C20H31N3O3S/c1-16-6-7-18(3)19(13-16)27(25,26)23-11-9-22(10-12-23)20(24)15-21-8-4-5-17(2)14-21/h6-7,13,17H,4-5,8-12,14-15H2,1-3H3/p+1/t17-/m1/s1. The lowest BCUT2D eigenvalue weighted by atomic mass is 10.0. The maximum Gasteiger partial charge on any atom is 0.277 e. The molecular weight excluding hydrogens is 362 g/mol. The number of piperazine rings is 1. The summed E-state index contributed by atoms with van der Waals surface area (Å²) >= 11 is 0. The fourth-order valence-corrected chi connectivity index (χ4v) is 5.92. The number of benzene rings is 1. The lowest BCUT2D eigenvalue weighted by molar-refractivity contribution is -0.900. The molecule has 2 aliphatic heterocycles. The van der Waals surface area contributed by atoms with E-state index in [4.69, 9.17) is 0 Å². The van der Waals surface area contributed by atoms with E-state index in [2.05, 4.69) is 6.92 Å². The van der Waals surface area contributed by atoms with Crippen LogP contribution in [0.5, 0.6) is 0 Å². The van der Waals surface area contributed by atoms with Gasteiger partial charge in [0.1, 0.15) is 0 Å². The molecule has 7 heteroatoms. The van der Waals surface area contributed by atoms with Gasteiger partial charge in [0.25, 0.3) is 5.91 Å². The molecule has 2 atom stereocenters. The van der Waals surface area contributed by atoms with Crippen LogP contribution < -0.4 is 4.90 Å². The monoisotopic (exact) mass is 394 g/mol. The van der Waals surface area contributed by atoms with Crippen molar-refractivity contribution in [2.45, 2.75) is 38.5 Å². The Morgan fingerprint density at radius 1 is 1.19 bits per heavy atom. The highest BCUT2D eigenvalue weighted by molar-refractivity contribution is 7.89. The van der Waals surface area contributed by atoms with Crippen molar-refractivity contribution in [1.29, 1.82) is 0 Å². The SMILES string of the molecule is Cc1ccc(C)c(S(=O)(=O)N2CCN(C(=O)C[NH+]3CCC[C@@H](C)C3)CC2)c1. The summed E-state index contributed by atoms with van der Waals surface area (Å²) in [5.74, 6) is 0.837. The van der Waals surface area contributed by atoms with Crippen molar-refractivity contribution in [3.63, 3.8) is 0 Å². The van der Waals surface area contributed by atoms with Crippen molar-refractivity contribution >= 4 is 15.9 Å². The molecule has 150 valence electrons. The maximum absolute atomic E-state index is 13.0. The number of piperidine rings is 1. The van der Waals surface area contributed by atoms with Gasteiger partial charge in [-0.05, 0) is 43.9 Å². The van der Waals surface area contributed by atoms with Crippen LogP contribution in [0.25, 0.3) is 0 Å². The highest BCUT2D eigenvalue weighted by Gasteiger charge is 2.32. The quantitative estimate of drug-likeness (QED) is 0.807. The number of nitrogens with one attached hydrogen (secondary N) is 1. The van der Waals surface area contributed by atoms with E-state index in [1.54, 1.807) is 6.07 Å². The number of hydrogen-bond donors (Lipinski definition) is 1. The largest absolute Gasteiger partial charge is 0.335 e. The van der Waals surface area contributed by atoms with Crippen LogP contribution in [0.4, 0.5) is 0 Å². The Balaban J connectivity index is 1.59. The Labute approximate surface area is 163 Å². The normalized spacial score (nSPS) is 24.8. The zero-order chi connectivity index (χ0) is 19.6. The number of carbonyl (C=O) groups is 1. The van der Waals surface area contributed by atoms with E-state index in [1.807, 2.05) is 30.9 Å². The van der Waals surface area contributed by atoms with E-state index in [1.165, 1.54) is 22.0 Å². The van der Waals surface area contributed by atoms with Crippen LogP contribution in [0.2, 0.25) is 0 Å². The lowest BCUT2D eigenvalue weighted by Crippen LogP contribution is -3.14. The molecule has 1 aromatic carbocycles. The third-order valence-electron chi connectivity index (χ3n) is 5.82. The first-order valence-corrected chi connectivity index (χ1v) is 11.4. The Morgan fingerprint density at radius 3 is 2.56 bits per heavy atom. The molecule has 1 unspecified atom stereocenters. The van der Waals surface area contributed by atoms with E-state index >= 15 is 0 Å². The zero-order valence-electron chi connectivity index (χ0n) is 16.7. The molecule has 3 rings (SSSR count). The van der Waals surface area contributed by atoms with Gasteiger partial charge in [-0.2, -0.15) is 4.31 Å². The zero-order valence-corrected chi connectivity index (χ0v) is 17.5. The Kier molecular flexibility index (Phi) is 6.23. The highest BCUT2D eigenvalue weighted by Crippen LogP contribution is 2.22. The fourth-order valence-electron chi connectivity index (χ4n) is 4.19. The topological polar surface area (TPSA) is 62.1 Å². The van der Waals surface area contributed by atoms with Crippen molar-refractivity contribution < 1.29 is 18.1 Å². The minimum absolute atomic E-state index is 0.155. The van der Waals surface area contributed by atoms with Crippen LogP contribution in [0.3, 0.4) is 0 Å². The molecule has 0 aromatic heterocycles. The second-order valence-corrected chi connectivity index (χ2v) is 10.1. The predicted octanol–water partition coefficient (Wildman–Crippen LogP) is 0.451. The van der Waals surface area contributed by atoms with Gasteiger partial charge in [-0.3, -0.25) is 4.79 Å². The van der Waals surface area contributed by atoms with E-state index in [-0.39, 0.29) is 5.91 Å². The van der Waals surface area contributed by atoms with Crippen molar-refractivity contribution in [3.05, 3.63) is 29.3 Å². The van der Waals surface area contributed by atoms with E-state index in [9.17, 15) is 13.2 Å². The minimum Gasteiger partial charge on any atom is -0.335 e. The smallest absolute Gasteiger partial charge is 0.277 e. The average Bonchev–Trinajstić information content (AvgIpc) is 2.63. The fraction of sp³-hybridized carbons (Fsp3) is 0.650. The molecule has 2 aliphatic rings. The molecule has 27 heavy (non-hydrogen) atoms. The summed E-state index contributed by atoms with van der Waals surface area (Å²) in [7, 11) is -3.51. The molecule has 0 saturated carbocycles. The van der Waals surface area contributed by atoms with Crippen molar-refractivity contribution in [3.8, 4) is 0 Å². The minimum atomic E-state index is -3.51. The predicted molar refractivity (Wildman–Crippen MR) is 105 cm³/mol. The summed E-state index contributed by atoms with van der Waals surface area (Å²) in [5.41, 5.74) is 1.70. The number of nitrogens with zero attached hydrogens (tertiary/aromatic N) is 2. The van der Waals surface area contributed by atoms with E-state index in [0.29, 0.717) is 43.5 Å². The molecule has 0 bridgehead atoms. The number of carbonyl (C=O) groups excluding carboxylic acids is 1. The van der Waals surface area contributed by atoms with Gasteiger partial charge in [-0.1, -0.05) is 19.1 Å². The second-order valence-electron chi connectivity index (χ2n) is 8.18. The summed E-state index contributed by atoms with van der Waals surface area (Å²) in [6, 6.07) is 5.52. The molecule has 0 spiro atoms. The third-order valence-corrected chi connectivity index (χ3v) is 7.86. The lowest BCUT2D eigenvalue weighted by Gasteiger charge is -2.35. The van der Waals surface area contributed by atoms with Crippen molar-refractivity contribution in [2.75, 3.05) is 45.8 Å². The summed E-state index contributed by atoms with van der Waals surface area (Å²) in [4.78, 5) is 16.2. The molecule has 1 amide bonds. The number of sulfonamides is 1. The molecule has 2 fully saturated rings. The third kappa shape index (κ3) is 4.70. The van der Waals surface area contributed by atoms with E-state index < -0.39 is 10.0 Å². The summed E-state index contributed by atoms with van der Waals surface area (Å²) in [6.45, 7) is 10.3. The van der Waals surface area contributed by atoms with Crippen LogP contribution in [0.1, 0.15) is 30.9 Å². The molecule has 6 nitrogen and oxygen atoms in total. The Morgan fingerprint density at radius 2 is 1.89 bits per heavy atom. The van der Waals surface area contributed by atoms with Gasteiger partial charge in [0.2, 0.25) is 10.0 Å². The summed E-state index contributed by atoms with van der Waals surface area (Å²) < 4.78 is 27.5. The van der Waals surface area contributed by atoms with Gasteiger partial charge in [0, 0.05) is 32.1 Å². The highest BCUT2D eigenvalue weighted by atomic mass is 32.2. The first kappa shape index (κ1) is 20.3. The molecule has 0 aliphatic carbocycles. The molecule has 2 saturated heterocycles. The second kappa shape index (κ2) is 8.29. The molecule has 2 heterocycles. The van der Waals surface area contributed by atoms with Crippen LogP contribution in [-0.2, 0) is 14.8 Å². The number of hydrogen-bond acceptors (Lipinski definition) is 3. The molecular formula is C20H32N3O3S+. The number of aryl methyl sites for hydroxylation is 2. The van der Waals surface area contributed by atoms with Gasteiger partial charge in [0.15, 0.2) is 6.54 Å². The molecule has 0 radical (unpaired) electrons. The number of quaternary nitrogens is 1. The Bertz CT molecular complexity index is 786. The first-order chi connectivity index (χ1) is 12.8. The number of likely N-dealkylation sites (tertiary alicyclic amines) is 1. The first-order valence-electron chi connectivity index (χ1n) is 9.96. The van der Waals surface area contributed by atoms with Gasteiger partial charge in [0.05, 0.1) is 18.0 Å². The van der Waals surface area contributed by atoms with Crippen molar-refractivity contribution in [2.24, 2.45) is 5.92 Å². The number of amides is 1. The van der Waals surface area contributed by atoms with Crippen molar-refractivity contribution in [1.82, 2.24) is 9.21 Å². The van der Waals surface area contributed by atoms with Gasteiger partial charge < -0.3 is 9.80 Å². The van der Waals surface area contributed by atoms with Crippen LogP contribution in [0.15, 0.2) is 23.1 Å². The molecule has 1 N–H and O–H groups in total. The van der Waals surface area contributed by atoms with Gasteiger partial charge in [-0.25, -0.2) is 8.42 Å². The Hall–Kier alpha value is -1.44. The van der Waals surface area contributed by atoms with Gasteiger partial charge in [-0.15, -0.1) is 0 Å².